The molecule has 2 aromatic carbocycles. The molecule has 0 aliphatic rings. The monoisotopic (exact) mass is 357 g/mol. The van der Waals surface area contributed by atoms with Crippen LogP contribution in [0.1, 0.15) is 28.4 Å². The quantitative estimate of drug-likeness (QED) is 0.769. The zero-order valence-electron chi connectivity index (χ0n) is 15.4. The lowest BCUT2D eigenvalue weighted by Crippen LogP contribution is -2.22. The Kier molecular flexibility index (Phi) is 6.60. The Morgan fingerprint density at radius 1 is 1.04 bits per heavy atom. The minimum Gasteiger partial charge on any atom is -0.493 e. The molecule has 0 saturated carbocycles. The highest BCUT2D eigenvalue weighted by molar-refractivity contribution is 5.98. The fraction of sp³-hybridized carbons (Fsp3) is 0.300. The summed E-state index contributed by atoms with van der Waals surface area (Å²) in [5.74, 6) is -0.368. The van der Waals surface area contributed by atoms with Crippen LogP contribution >= 0.6 is 0 Å². The van der Waals surface area contributed by atoms with Crippen LogP contribution in [0, 0.1) is 6.92 Å². The predicted molar refractivity (Wildman–Crippen MR) is 99.0 cm³/mol. The van der Waals surface area contributed by atoms with Gasteiger partial charge < -0.3 is 19.5 Å². The first-order valence-electron chi connectivity index (χ1n) is 8.28. The van der Waals surface area contributed by atoms with E-state index in [1.165, 1.54) is 14.2 Å². The summed E-state index contributed by atoms with van der Waals surface area (Å²) in [6.07, 6.45) is 0.790. The van der Waals surface area contributed by atoms with Crippen molar-refractivity contribution in [3.8, 4) is 11.5 Å². The lowest BCUT2D eigenvalue weighted by atomic mass is 10.1. The third kappa shape index (κ3) is 4.33. The summed E-state index contributed by atoms with van der Waals surface area (Å²) in [6.45, 7) is 3.54. The van der Waals surface area contributed by atoms with Gasteiger partial charge >= 0.3 is 5.97 Å². The number of aryl methyl sites for hydroxylation is 2. The molecule has 0 bridgehead atoms. The molecule has 0 unspecified atom stereocenters. The summed E-state index contributed by atoms with van der Waals surface area (Å²) >= 11 is 0. The van der Waals surface area contributed by atoms with E-state index in [-0.39, 0.29) is 11.3 Å². The van der Waals surface area contributed by atoms with Crippen molar-refractivity contribution >= 4 is 17.6 Å². The van der Waals surface area contributed by atoms with Crippen molar-refractivity contribution in [3.63, 3.8) is 0 Å². The van der Waals surface area contributed by atoms with Gasteiger partial charge in [0, 0.05) is 5.69 Å². The maximum atomic E-state index is 12.3. The predicted octanol–water partition coefficient (Wildman–Crippen LogP) is 3.37. The molecule has 0 saturated heterocycles. The lowest BCUT2D eigenvalue weighted by Gasteiger charge is -2.14. The summed E-state index contributed by atoms with van der Waals surface area (Å²) < 4.78 is 15.5. The first kappa shape index (κ1) is 19.3. The SMILES string of the molecule is CCc1cccc(C)c1NC(=O)COC(=O)c1cccc(OC)c1OC. The van der Waals surface area contributed by atoms with Crippen molar-refractivity contribution in [3.05, 3.63) is 53.1 Å². The molecule has 0 radical (unpaired) electrons. The first-order chi connectivity index (χ1) is 12.5. The molecule has 26 heavy (non-hydrogen) atoms. The Hall–Kier alpha value is -3.02. The topological polar surface area (TPSA) is 73.9 Å². The highest BCUT2D eigenvalue weighted by atomic mass is 16.5. The molecular weight excluding hydrogens is 334 g/mol. The number of para-hydroxylation sites is 2. The number of hydrogen-bond donors (Lipinski definition) is 1. The average Bonchev–Trinajstić information content (AvgIpc) is 2.66. The summed E-state index contributed by atoms with van der Waals surface area (Å²) in [5, 5.41) is 2.82. The molecule has 0 aliphatic heterocycles. The average molecular weight is 357 g/mol. The minimum absolute atomic E-state index is 0.199. The van der Waals surface area contributed by atoms with Gasteiger partial charge in [0.25, 0.3) is 5.91 Å². The zero-order chi connectivity index (χ0) is 19.1. The molecule has 0 spiro atoms. The van der Waals surface area contributed by atoms with Crippen LogP contribution in [-0.2, 0) is 16.0 Å². The molecule has 1 amide bonds. The number of nitrogens with one attached hydrogen (secondary N) is 1. The van der Waals surface area contributed by atoms with Gasteiger partial charge in [-0.25, -0.2) is 4.79 Å². The number of ether oxygens (including phenoxy) is 3. The fourth-order valence-corrected chi connectivity index (χ4v) is 2.63. The molecule has 6 nitrogen and oxygen atoms in total. The van der Waals surface area contributed by atoms with Crippen molar-refractivity contribution < 1.29 is 23.8 Å². The van der Waals surface area contributed by atoms with E-state index < -0.39 is 18.5 Å². The van der Waals surface area contributed by atoms with Crippen LogP contribution in [-0.4, -0.2) is 32.7 Å². The van der Waals surface area contributed by atoms with E-state index in [0.29, 0.717) is 5.75 Å². The Balaban J connectivity index is 2.06. The maximum absolute atomic E-state index is 12.3. The number of anilines is 1. The van der Waals surface area contributed by atoms with Crippen LogP contribution < -0.4 is 14.8 Å². The van der Waals surface area contributed by atoms with Crippen molar-refractivity contribution in [2.45, 2.75) is 20.3 Å². The van der Waals surface area contributed by atoms with E-state index in [4.69, 9.17) is 14.2 Å². The van der Waals surface area contributed by atoms with E-state index in [9.17, 15) is 9.59 Å². The number of carbonyl (C=O) groups excluding carboxylic acids is 2. The Morgan fingerprint density at radius 2 is 1.77 bits per heavy atom. The van der Waals surface area contributed by atoms with Gasteiger partial charge in [-0.3, -0.25) is 4.79 Å². The van der Waals surface area contributed by atoms with Crippen LogP contribution in [0.4, 0.5) is 5.69 Å². The molecule has 2 rings (SSSR count). The summed E-state index contributed by atoms with van der Waals surface area (Å²) in [5.41, 5.74) is 2.94. The number of benzene rings is 2. The summed E-state index contributed by atoms with van der Waals surface area (Å²) in [7, 11) is 2.92. The number of hydrogen-bond acceptors (Lipinski definition) is 5. The van der Waals surface area contributed by atoms with Crippen LogP contribution in [0.15, 0.2) is 36.4 Å². The second-order valence-corrected chi connectivity index (χ2v) is 5.63. The van der Waals surface area contributed by atoms with Crippen LogP contribution in [0.2, 0.25) is 0 Å². The van der Waals surface area contributed by atoms with Gasteiger partial charge in [-0.1, -0.05) is 31.2 Å². The number of amides is 1. The molecular formula is C20H23NO5. The van der Waals surface area contributed by atoms with Gasteiger partial charge in [0.2, 0.25) is 0 Å². The van der Waals surface area contributed by atoms with Gasteiger partial charge in [0.15, 0.2) is 18.1 Å². The molecule has 0 aliphatic carbocycles. The molecule has 138 valence electrons. The van der Waals surface area contributed by atoms with E-state index in [0.717, 1.165) is 23.2 Å². The van der Waals surface area contributed by atoms with E-state index in [1.54, 1.807) is 18.2 Å². The van der Waals surface area contributed by atoms with Crippen LogP contribution in [0.3, 0.4) is 0 Å². The summed E-state index contributed by atoms with van der Waals surface area (Å²) in [6, 6.07) is 10.7. The number of esters is 1. The highest BCUT2D eigenvalue weighted by Crippen LogP contribution is 2.31. The number of rotatable bonds is 7. The fourth-order valence-electron chi connectivity index (χ4n) is 2.63. The third-order valence-electron chi connectivity index (χ3n) is 3.96. The van der Waals surface area contributed by atoms with Crippen molar-refractivity contribution in [2.24, 2.45) is 0 Å². The molecule has 6 heteroatoms. The molecule has 1 N–H and O–H groups in total. The van der Waals surface area contributed by atoms with Gasteiger partial charge in [-0.05, 0) is 36.6 Å². The zero-order valence-corrected chi connectivity index (χ0v) is 15.4. The first-order valence-corrected chi connectivity index (χ1v) is 8.28. The minimum atomic E-state index is -0.656. The van der Waals surface area contributed by atoms with Crippen molar-refractivity contribution in [1.29, 1.82) is 0 Å². The second kappa shape index (κ2) is 8.89. The Bertz CT molecular complexity index is 801. The van der Waals surface area contributed by atoms with Gasteiger partial charge in [-0.2, -0.15) is 0 Å². The van der Waals surface area contributed by atoms with Gasteiger partial charge in [-0.15, -0.1) is 0 Å². The smallest absolute Gasteiger partial charge is 0.342 e. The molecule has 0 fully saturated rings. The van der Waals surface area contributed by atoms with Crippen LogP contribution in [0.5, 0.6) is 11.5 Å². The second-order valence-electron chi connectivity index (χ2n) is 5.63. The number of carbonyl (C=O) groups is 2. The van der Waals surface area contributed by atoms with Crippen molar-refractivity contribution in [2.75, 3.05) is 26.1 Å². The van der Waals surface area contributed by atoms with Gasteiger partial charge in [0.05, 0.1) is 14.2 Å². The Labute approximate surface area is 153 Å². The van der Waals surface area contributed by atoms with Crippen molar-refractivity contribution in [1.82, 2.24) is 0 Å². The third-order valence-corrected chi connectivity index (χ3v) is 3.96. The Morgan fingerprint density at radius 3 is 2.42 bits per heavy atom. The highest BCUT2D eigenvalue weighted by Gasteiger charge is 2.19. The molecule has 0 atom stereocenters. The lowest BCUT2D eigenvalue weighted by molar-refractivity contribution is -0.119. The van der Waals surface area contributed by atoms with E-state index in [1.807, 2.05) is 32.0 Å². The molecule has 0 heterocycles. The van der Waals surface area contributed by atoms with Crippen LogP contribution in [0.25, 0.3) is 0 Å². The van der Waals surface area contributed by atoms with E-state index >= 15 is 0 Å². The largest absolute Gasteiger partial charge is 0.493 e. The normalized spacial score (nSPS) is 10.2. The van der Waals surface area contributed by atoms with Gasteiger partial charge in [0.1, 0.15) is 5.56 Å². The standard InChI is InChI=1S/C20H23NO5/c1-5-14-9-6-8-13(2)18(14)21-17(22)12-26-20(23)15-10-7-11-16(24-3)19(15)25-4/h6-11H,5,12H2,1-4H3,(H,21,22). The summed E-state index contributed by atoms with van der Waals surface area (Å²) in [4.78, 5) is 24.5. The molecule has 0 aromatic heterocycles. The van der Waals surface area contributed by atoms with E-state index in [2.05, 4.69) is 5.32 Å². The molecule has 2 aromatic rings. The maximum Gasteiger partial charge on any atom is 0.342 e. The number of methoxy groups -OCH3 is 2.